The van der Waals surface area contributed by atoms with E-state index in [1.54, 1.807) is 4.90 Å². The van der Waals surface area contributed by atoms with Gasteiger partial charge in [-0.05, 0) is 19.4 Å². The van der Waals surface area contributed by atoms with Crippen LogP contribution in [0.1, 0.15) is 25.8 Å². The van der Waals surface area contributed by atoms with Crippen molar-refractivity contribution in [3.63, 3.8) is 0 Å². The van der Waals surface area contributed by atoms with E-state index in [0.717, 1.165) is 5.56 Å². The van der Waals surface area contributed by atoms with Gasteiger partial charge in [0.25, 0.3) is 0 Å². The molecule has 2 N–H and O–H groups in total. The van der Waals surface area contributed by atoms with Crippen LogP contribution in [0.25, 0.3) is 0 Å². The Labute approximate surface area is 182 Å². The molecule has 2 fully saturated rings. The molecule has 2 saturated heterocycles. The fourth-order valence-corrected chi connectivity index (χ4v) is 3.88. The first-order valence-corrected chi connectivity index (χ1v) is 10.8. The molecular weight excluding hydrogens is 398 g/mol. The van der Waals surface area contributed by atoms with Crippen molar-refractivity contribution in [2.75, 3.05) is 39.3 Å². The summed E-state index contributed by atoms with van der Waals surface area (Å²) in [4.78, 5) is 54.2. The molecule has 0 radical (unpaired) electrons. The number of nitrogens with one attached hydrogen (secondary N) is 2. The van der Waals surface area contributed by atoms with Gasteiger partial charge in [-0.2, -0.15) is 0 Å². The number of likely N-dealkylation sites (tertiary alicyclic amines) is 1. The average molecular weight is 430 g/mol. The second-order valence-corrected chi connectivity index (χ2v) is 8.35. The molecule has 0 saturated carbocycles. The van der Waals surface area contributed by atoms with Crippen molar-refractivity contribution < 1.29 is 19.2 Å². The summed E-state index contributed by atoms with van der Waals surface area (Å²) in [6, 6.07) is 9.44. The van der Waals surface area contributed by atoms with Crippen LogP contribution in [0.2, 0.25) is 0 Å². The van der Waals surface area contributed by atoms with Crippen LogP contribution in [0.15, 0.2) is 30.3 Å². The highest BCUT2D eigenvalue weighted by molar-refractivity contribution is 6.35. The number of benzene rings is 1. The summed E-state index contributed by atoms with van der Waals surface area (Å²) in [5, 5.41) is 5.59. The Morgan fingerprint density at radius 3 is 2.35 bits per heavy atom. The maximum absolute atomic E-state index is 12.5. The summed E-state index contributed by atoms with van der Waals surface area (Å²) in [6.45, 7) is 6.86. The first-order chi connectivity index (χ1) is 14.8. The summed E-state index contributed by atoms with van der Waals surface area (Å²) < 4.78 is 0. The second-order valence-electron chi connectivity index (χ2n) is 8.35. The first kappa shape index (κ1) is 22.7. The molecule has 3 rings (SSSR count). The van der Waals surface area contributed by atoms with Crippen molar-refractivity contribution >= 4 is 23.6 Å². The van der Waals surface area contributed by atoms with Gasteiger partial charge in [0.15, 0.2) is 0 Å². The predicted octanol–water partition coefficient (Wildman–Crippen LogP) is -0.427. The van der Waals surface area contributed by atoms with Crippen LogP contribution in [-0.2, 0) is 25.7 Å². The molecule has 2 heterocycles. The van der Waals surface area contributed by atoms with Crippen molar-refractivity contribution in [2.24, 2.45) is 0 Å². The quantitative estimate of drug-likeness (QED) is 0.598. The zero-order valence-electron chi connectivity index (χ0n) is 18.2. The number of carbonyl (C=O) groups is 4. The van der Waals surface area contributed by atoms with Crippen LogP contribution in [-0.4, -0.2) is 89.7 Å². The van der Waals surface area contributed by atoms with Crippen molar-refractivity contribution in [1.82, 2.24) is 25.3 Å². The molecule has 9 heteroatoms. The minimum absolute atomic E-state index is 0.00750. The summed E-state index contributed by atoms with van der Waals surface area (Å²) in [5.74, 6) is -1.32. The SMILES string of the molecule is CC(C)N1CC(NC(=O)C(=O)N2CCN(CC(=O)NCc3ccccc3)CC2)CC1=O. The highest BCUT2D eigenvalue weighted by atomic mass is 16.2. The van der Waals surface area contributed by atoms with Crippen molar-refractivity contribution in [1.29, 1.82) is 0 Å². The molecule has 1 aromatic rings. The van der Waals surface area contributed by atoms with Crippen LogP contribution < -0.4 is 10.6 Å². The molecule has 9 nitrogen and oxygen atoms in total. The lowest BCUT2D eigenvalue weighted by atomic mass is 10.2. The standard InChI is InChI=1S/C22H31N5O4/c1-16(2)27-14-18(12-20(27)29)24-21(30)22(31)26-10-8-25(9-11-26)15-19(28)23-13-17-6-4-3-5-7-17/h3-7,16,18H,8-15H2,1-2H3,(H,23,28)(H,24,30). The number of hydrogen-bond acceptors (Lipinski definition) is 5. The van der Waals surface area contributed by atoms with Crippen LogP contribution in [0.5, 0.6) is 0 Å². The van der Waals surface area contributed by atoms with Crippen LogP contribution in [0, 0.1) is 0 Å². The summed E-state index contributed by atoms with van der Waals surface area (Å²) in [6.07, 6.45) is 0.225. The maximum Gasteiger partial charge on any atom is 0.311 e. The Balaban J connectivity index is 1.37. The lowest BCUT2D eigenvalue weighted by Crippen LogP contribution is -2.55. The van der Waals surface area contributed by atoms with Gasteiger partial charge in [0.2, 0.25) is 11.8 Å². The maximum atomic E-state index is 12.5. The zero-order valence-corrected chi connectivity index (χ0v) is 18.2. The number of rotatable bonds is 6. The predicted molar refractivity (Wildman–Crippen MR) is 115 cm³/mol. The Morgan fingerprint density at radius 1 is 1.06 bits per heavy atom. The van der Waals surface area contributed by atoms with E-state index in [2.05, 4.69) is 10.6 Å². The molecule has 2 aliphatic heterocycles. The molecule has 168 valence electrons. The highest BCUT2D eigenvalue weighted by Gasteiger charge is 2.34. The van der Waals surface area contributed by atoms with Crippen LogP contribution >= 0.6 is 0 Å². The van der Waals surface area contributed by atoms with Crippen LogP contribution in [0.4, 0.5) is 0 Å². The number of carbonyl (C=O) groups excluding carboxylic acids is 4. The van der Waals surface area contributed by atoms with Crippen molar-refractivity contribution in [3.05, 3.63) is 35.9 Å². The summed E-state index contributed by atoms with van der Waals surface area (Å²) in [5.41, 5.74) is 1.04. The van der Waals surface area contributed by atoms with E-state index >= 15 is 0 Å². The Hall–Kier alpha value is -2.94. The number of hydrogen-bond donors (Lipinski definition) is 2. The Morgan fingerprint density at radius 2 is 1.74 bits per heavy atom. The molecule has 0 bridgehead atoms. The first-order valence-electron chi connectivity index (χ1n) is 10.8. The van der Waals surface area contributed by atoms with Gasteiger partial charge in [0, 0.05) is 51.7 Å². The number of amides is 4. The topological polar surface area (TPSA) is 102 Å². The molecule has 4 amide bonds. The van der Waals surface area contributed by atoms with Gasteiger partial charge in [0.1, 0.15) is 0 Å². The number of nitrogens with zero attached hydrogens (tertiary/aromatic N) is 3. The van der Waals surface area contributed by atoms with E-state index in [9.17, 15) is 19.2 Å². The van der Waals surface area contributed by atoms with Gasteiger partial charge in [-0.25, -0.2) is 0 Å². The third kappa shape index (κ3) is 6.27. The smallest absolute Gasteiger partial charge is 0.311 e. The third-order valence-corrected chi connectivity index (χ3v) is 5.67. The zero-order chi connectivity index (χ0) is 22.4. The second kappa shape index (κ2) is 10.4. The number of piperazine rings is 1. The normalized spacial score (nSPS) is 19.6. The fraction of sp³-hybridized carbons (Fsp3) is 0.545. The molecule has 31 heavy (non-hydrogen) atoms. The van der Waals surface area contributed by atoms with E-state index in [0.29, 0.717) is 39.3 Å². The third-order valence-electron chi connectivity index (χ3n) is 5.67. The summed E-state index contributed by atoms with van der Waals surface area (Å²) >= 11 is 0. The molecule has 0 spiro atoms. The largest absolute Gasteiger partial charge is 0.351 e. The van der Waals surface area contributed by atoms with Gasteiger partial charge in [-0.15, -0.1) is 0 Å². The Kier molecular flexibility index (Phi) is 7.62. The van der Waals surface area contributed by atoms with E-state index in [-0.39, 0.29) is 36.9 Å². The van der Waals surface area contributed by atoms with Gasteiger partial charge < -0.3 is 20.4 Å². The fourth-order valence-electron chi connectivity index (χ4n) is 3.88. The summed E-state index contributed by atoms with van der Waals surface area (Å²) in [7, 11) is 0. The van der Waals surface area contributed by atoms with Crippen molar-refractivity contribution in [2.45, 2.75) is 38.9 Å². The van der Waals surface area contributed by atoms with Crippen molar-refractivity contribution in [3.8, 4) is 0 Å². The molecule has 0 aromatic heterocycles. The van der Waals surface area contributed by atoms with E-state index in [1.807, 2.05) is 49.1 Å². The average Bonchev–Trinajstić information content (AvgIpc) is 3.13. The minimum Gasteiger partial charge on any atom is -0.351 e. The monoisotopic (exact) mass is 429 g/mol. The van der Waals surface area contributed by atoms with Gasteiger partial charge in [-0.1, -0.05) is 30.3 Å². The van der Waals surface area contributed by atoms with Gasteiger partial charge in [-0.3, -0.25) is 24.1 Å². The molecule has 0 aliphatic carbocycles. The van der Waals surface area contributed by atoms with E-state index in [1.165, 1.54) is 4.90 Å². The van der Waals surface area contributed by atoms with Crippen LogP contribution in [0.3, 0.4) is 0 Å². The lowest BCUT2D eigenvalue weighted by molar-refractivity contribution is -0.147. The highest BCUT2D eigenvalue weighted by Crippen LogP contribution is 2.14. The minimum atomic E-state index is -0.669. The lowest BCUT2D eigenvalue weighted by Gasteiger charge is -2.34. The molecule has 1 unspecified atom stereocenters. The molecule has 2 aliphatic rings. The van der Waals surface area contributed by atoms with Gasteiger partial charge >= 0.3 is 11.8 Å². The van der Waals surface area contributed by atoms with E-state index in [4.69, 9.17) is 0 Å². The van der Waals surface area contributed by atoms with E-state index < -0.39 is 11.8 Å². The molecule has 1 aromatic carbocycles. The molecule has 1 atom stereocenters. The molecular formula is C22H31N5O4. The van der Waals surface area contributed by atoms with Gasteiger partial charge in [0.05, 0.1) is 12.6 Å². The Bertz CT molecular complexity index is 805.